The van der Waals surface area contributed by atoms with E-state index in [1.54, 1.807) is 0 Å². The Morgan fingerprint density at radius 3 is 2.67 bits per heavy atom. The second-order valence-electron chi connectivity index (χ2n) is 3.74. The number of nitrogens with one attached hydrogen (secondary N) is 1. The molecule has 12 heavy (non-hydrogen) atoms. The van der Waals surface area contributed by atoms with E-state index >= 15 is 0 Å². The van der Waals surface area contributed by atoms with Crippen LogP contribution in [-0.2, 0) is 0 Å². The summed E-state index contributed by atoms with van der Waals surface area (Å²) in [7, 11) is 0. The van der Waals surface area contributed by atoms with E-state index in [2.05, 4.69) is 24.9 Å². The predicted octanol–water partition coefficient (Wildman–Crippen LogP) is 2.65. The van der Waals surface area contributed by atoms with Gasteiger partial charge in [-0.2, -0.15) is 0 Å². The highest BCUT2D eigenvalue weighted by atomic mass is 14.9. The minimum Gasteiger partial charge on any atom is -0.310 e. The third-order valence-electron chi connectivity index (χ3n) is 2.33. The van der Waals surface area contributed by atoms with Gasteiger partial charge in [0.05, 0.1) is 0 Å². The maximum absolute atomic E-state index is 3.89. The zero-order valence-corrected chi connectivity index (χ0v) is 8.19. The van der Waals surface area contributed by atoms with Gasteiger partial charge in [0.25, 0.3) is 0 Å². The summed E-state index contributed by atoms with van der Waals surface area (Å²) in [6, 6.07) is 0.607. The van der Waals surface area contributed by atoms with Gasteiger partial charge >= 0.3 is 0 Å². The number of rotatable bonds is 2. The van der Waals surface area contributed by atoms with E-state index in [-0.39, 0.29) is 0 Å². The van der Waals surface area contributed by atoms with Gasteiger partial charge in [0.1, 0.15) is 0 Å². The van der Waals surface area contributed by atoms with E-state index in [4.69, 9.17) is 0 Å². The maximum atomic E-state index is 3.89. The standard InChI is InChI=1S/C11H19N/c1-9(2)8-10(3)11-6-4-5-7-12-11/h8,11-12H,1,4-7H2,2-3H3/b10-8-. The van der Waals surface area contributed by atoms with Crippen LogP contribution in [-0.4, -0.2) is 12.6 Å². The van der Waals surface area contributed by atoms with Crippen LogP contribution >= 0.6 is 0 Å². The molecule has 0 aromatic heterocycles. The normalized spacial score (nSPS) is 25.5. The Morgan fingerprint density at radius 2 is 2.17 bits per heavy atom. The van der Waals surface area contributed by atoms with E-state index in [1.807, 2.05) is 6.92 Å². The molecular formula is C11H19N. The van der Waals surface area contributed by atoms with Crippen molar-refractivity contribution in [1.82, 2.24) is 5.32 Å². The fourth-order valence-corrected chi connectivity index (χ4v) is 1.73. The number of allylic oxidation sites excluding steroid dienone is 2. The van der Waals surface area contributed by atoms with Crippen LogP contribution in [0.15, 0.2) is 23.8 Å². The third-order valence-corrected chi connectivity index (χ3v) is 2.33. The van der Waals surface area contributed by atoms with E-state index in [1.165, 1.54) is 31.4 Å². The van der Waals surface area contributed by atoms with E-state index in [0.29, 0.717) is 6.04 Å². The molecule has 1 heterocycles. The lowest BCUT2D eigenvalue weighted by molar-refractivity contribution is 0.440. The molecule has 0 spiro atoms. The summed E-state index contributed by atoms with van der Waals surface area (Å²) in [5, 5.41) is 3.51. The molecule has 0 bridgehead atoms. The Labute approximate surface area is 75.6 Å². The fourth-order valence-electron chi connectivity index (χ4n) is 1.73. The van der Waals surface area contributed by atoms with E-state index < -0.39 is 0 Å². The van der Waals surface area contributed by atoms with Crippen LogP contribution in [0.5, 0.6) is 0 Å². The van der Waals surface area contributed by atoms with Crippen LogP contribution in [0.3, 0.4) is 0 Å². The first-order valence-corrected chi connectivity index (χ1v) is 4.77. The van der Waals surface area contributed by atoms with Gasteiger partial charge in [-0.1, -0.05) is 30.2 Å². The van der Waals surface area contributed by atoms with Crippen molar-refractivity contribution in [2.75, 3.05) is 6.54 Å². The first-order valence-electron chi connectivity index (χ1n) is 4.77. The van der Waals surface area contributed by atoms with Crippen LogP contribution in [0.2, 0.25) is 0 Å². The summed E-state index contributed by atoms with van der Waals surface area (Å²) in [6.07, 6.45) is 6.16. The first kappa shape index (κ1) is 9.53. The van der Waals surface area contributed by atoms with Crippen molar-refractivity contribution < 1.29 is 0 Å². The summed E-state index contributed by atoms with van der Waals surface area (Å²) in [5.41, 5.74) is 2.59. The van der Waals surface area contributed by atoms with Crippen LogP contribution in [0, 0.1) is 0 Å². The van der Waals surface area contributed by atoms with Crippen LogP contribution in [0.25, 0.3) is 0 Å². The molecule has 1 aliphatic rings. The largest absolute Gasteiger partial charge is 0.310 e. The molecule has 1 heteroatoms. The van der Waals surface area contributed by atoms with Crippen molar-refractivity contribution in [1.29, 1.82) is 0 Å². The van der Waals surface area contributed by atoms with Crippen molar-refractivity contribution in [3.05, 3.63) is 23.8 Å². The summed E-state index contributed by atoms with van der Waals surface area (Å²) >= 11 is 0. The average Bonchev–Trinajstić information content (AvgIpc) is 2.05. The molecule has 0 saturated carbocycles. The van der Waals surface area contributed by atoms with Gasteiger partial charge in [0, 0.05) is 6.04 Å². The van der Waals surface area contributed by atoms with Gasteiger partial charge in [0.2, 0.25) is 0 Å². The molecule has 1 fully saturated rings. The second kappa shape index (κ2) is 4.46. The maximum Gasteiger partial charge on any atom is 0.0279 e. The monoisotopic (exact) mass is 165 g/mol. The topological polar surface area (TPSA) is 12.0 Å². The number of hydrogen-bond donors (Lipinski definition) is 1. The van der Waals surface area contributed by atoms with Crippen LogP contribution in [0.4, 0.5) is 0 Å². The molecule has 1 atom stereocenters. The number of piperidine rings is 1. The second-order valence-corrected chi connectivity index (χ2v) is 3.74. The van der Waals surface area contributed by atoms with Gasteiger partial charge in [-0.3, -0.25) is 0 Å². The van der Waals surface area contributed by atoms with Crippen molar-refractivity contribution in [2.24, 2.45) is 0 Å². The Kier molecular flexibility index (Phi) is 3.54. The molecule has 1 N–H and O–H groups in total. The number of hydrogen-bond acceptors (Lipinski definition) is 1. The summed E-state index contributed by atoms with van der Waals surface area (Å²) in [4.78, 5) is 0. The van der Waals surface area contributed by atoms with Gasteiger partial charge in [-0.15, -0.1) is 0 Å². The van der Waals surface area contributed by atoms with E-state index in [0.717, 1.165) is 5.57 Å². The Morgan fingerprint density at radius 1 is 1.42 bits per heavy atom. The lowest BCUT2D eigenvalue weighted by Gasteiger charge is -2.24. The Balaban J connectivity index is 2.49. The summed E-state index contributed by atoms with van der Waals surface area (Å²) in [5.74, 6) is 0. The molecule has 1 aliphatic heterocycles. The molecule has 0 aromatic carbocycles. The predicted molar refractivity (Wildman–Crippen MR) is 54.2 cm³/mol. The lowest BCUT2D eigenvalue weighted by Crippen LogP contribution is -2.34. The van der Waals surface area contributed by atoms with Gasteiger partial charge in [-0.05, 0) is 33.2 Å². The van der Waals surface area contributed by atoms with Crippen LogP contribution in [0.1, 0.15) is 33.1 Å². The Hall–Kier alpha value is -0.560. The van der Waals surface area contributed by atoms with Crippen molar-refractivity contribution in [2.45, 2.75) is 39.2 Å². The SMILES string of the molecule is C=C(C)/C=C(/C)C1CCCCN1. The van der Waals surface area contributed by atoms with Gasteiger partial charge in [0.15, 0.2) is 0 Å². The molecule has 0 aliphatic carbocycles. The highest BCUT2D eigenvalue weighted by Gasteiger charge is 2.13. The molecule has 1 rings (SSSR count). The van der Waals surface area contributed by atoms with E-state index in [9.17, 15) is 0 Å². The minimum absolute atomic E-state index is 0.607. The molecule has 0 amide bonds. The van der Waals surface area contributed by atoms with Gasteiger partial charge < -0.3 is 5.32 Å². The first-order chi connectivity index (χ1) is 5.70. The zero-order valence-electron chi connectivity index (χ0n) is 8.19. The smallest absolute Gasteiger partial charge is 0.0279 e. The molecule has 68 valence electrons. The highest BCUT2D eigenvalue weighted by molar-refractivity contribution is 5.21. The third kappa shape index (κ3) is 2.82. The summed E-state index contributed by atoms with van der Waals surface area (Å²) < 4.78 is 0. The lowest BCUT2D eigenvalue weighted by atomic mass is 9.97. The fraction of sp³-hybridized carbons (Fsp3) is 0.636. The van der Waals surface area contributed by atoms with Crippen molar-refractivity contribution >= 4 is 0 Å². The molecule has 0 radical (unpaired) electrons. The zero-order chi connectivity index (χ0) is 8.97. The highest BCUT2D eigenvalue weighted by Crippen LogP contribution is 2.15. The van der Waals surface area contributed by atoms with Crippen LogP contribution < -0.4 is 5.32 Å². The molecule has 0 aromatic rings. The molecular weight excluding hydrogens is 146 g/mol. The average molecular weight is 165 g/mol. The van der Waals surface area contributed by atoms with Crippen molar-refractivity contribution in [3.63, 3.8) is 0 Å². The molecule has 1 saturated heterocycles. The van der Waals surface area contributed by atoms with Crippen molar-refractivity contribution in [3.8, 4) is 0 Å². The Bertz CT molecular complexity index is 185. The molecule has 1 unspecified atom stereocenters. The quantitative estimate of drug-likeness (QED) is 0.620. The van der Waals surface area contributed by atoms with Gasteiger partial charge in [-0.25, -0.2) is 0 Å². The molecule has 1 nitrogen and oxygen atoms in total. The minimum atomic E-state index is 0.607. The summed E-state index contributed by atoms with van der Waals surface area (Å²) in [6.45, 7) is 9.30.